The summed E-state index contributed by atoms with van der Waals surface area (Å²) >= 11 is 0. The number of aryl methyl sites for hydroxylation is 1. The lowest BCUT2D eigenvalue weighted by Crippen LogP contribution is -2.27. The monoisotopic (exact) mass is 569 g/mol. The Bertz CT molecular complexity index is 2000. The average molecular weight is 570 g/mol. The minimum atomic E-state index is -0.194. The highest BCUT2D eigenvalue weighted by Crippen LogP contribution is 2.36. The van der Waals surface area contributed by atoms with Gasteiger partial charge in [0.2, 0.25) is 0 Å². The summed E-state index contributed by atoms with van der Waals surface area (Å²) in [6.45, 7) is 0. The van der Waals surface area contributed by atoms with Crippen molar-refractivity contribution in [2.45, 2.75) is 18.9 Å². The first kappa shape index (κ1) is 26.1. The van der Waals surface area contributed by atoms with Gasteiger partial charge >= 0.3 is 0 Å². The van der Waals surface area contributed by atoms with E-state index in [2.05, 4.69) is 32.8 Å². The first-order valence-electron chi connectivity index (χ1n) is 13.9. The summed E-state index contributed by atoms with van der Waals surface area (Å²) in [6, 6.07) is 22.1. The van der Waals surface area contributed by atoms with Gasteiger partial charge in [0.15, 0.2) is 17.3 Å². The number of hydrogen-bond acceptors (Lipinski definition) is 7. The standard InChI is InChI=1S/C32H27N9O2/c1-34-31(42)19-5-7-20(8-6-19)32(43)38-25-12-9-21-18-22(10-11-23(21)25)41-29(24-4-2-15-35-28(24)33)37-26-13-14-27(39-30(26)41)40-17-3-16-36-40/h2-8,10-11,13-18,25H,9,12H2,1H3,(H2,33,35)(H,34,42)(H,38,43)/t25-/m0/s1. The number of amides is 2. The highest BCUT2D eigenvalue weighted by molar-refractivity contribution is 5.98. The number of nitrogens with two attached hydrogens (primary N) is 1. The van der Waals surface area contributed by atoms with E-state index in [1.165, 1.54) is 0 Å². The van der Waals surface area contributed by atoms with Gasteiger partial charge in [-0.3, -0.25) is 14.2 Å². The van der Waals surface area contributed by atoms with Crippen LogP contribution in [0.15, 0.2) is 91.4 Å². The highest BCUT2D eigenvalue weighted by atomic mass is 16.2. The average Bonchev–Trinajstić information content (AvgIpc) is 3.80. The fraction of sp³-hybridized carbons (Fsp3) is 0.125. The van der Waals surface area contributed by atoms with Crippen molar-refractivity contribution in [1.82, 2.24) is 39.9 Å². The van der Waals surface area contributed by atoms with Crippen LogP contribution in [0.4, 0.5) is 5.82 Å². The molecule has 1 aliphatic rings. The van der Waals surface area contributed by atoms with Crippen LogP contribution in [0.2, 0.25) is 0 Å². The van der Waals surface area contributed by atoms with Crippen molar-refractivity contribution >= 4 is 28.8 Å². The Hall–Kier alpha value is -5.84. The molecule has 11 nitrogen and oxygen atoms in total. The van der Waals surface area contributed by atoms with Gasteiger partial charge in [-0.1, -0.05) is 6.07 Å². The first-order chi connectivity index (χ1) is 21.0. The molecule has 2 aromatic carbocycles. The van der Waals surface area contributed by atoms with Crippen LogP contribution in [-0.2, 0) is 6.42 Å². The summed E-state index contributed by atoms with van der Waals surface area (Å²) in [4.78, 5) is 39.1. The third-order valence-electron chi connectivity index (χ3n) is 7.71. The van der Waals surface area contributed by atoms with Crippen molar-refractivity contribution in [3.05, 3.63) is 114 Å². The Morgan fingerprint density at radius 3 is 2.49 bits per heavy atom. The lowest BCUT2D eigenvalue weighted by molar-refractivity contribution is 0.0932. The second kappa shape index (κ2) is 10.5. The molecule has 0 saturated heterocycles. The molecule has 7 rings (SSSR count). The molecule has 1 aliphatic carbocycles. The quantitative estimate of drug-likeness (QED) is 0.275. The van der Waals surface area contributed by atoms with E-state index in [4.69, 9.17) is 15.7 Å². The predicted molar refractivity (Wildman–Crippen MR) is 162 cm³/mol. The number of rotatable bonds is 6. The molecule has 4 N–H and O–H groups in total. The number of aromatic nitrogens is 6. The SMILES string of the molecule is CNC(=O)c1ccc(C(=O)N[C@H]2CCc3cc(-n4c(-c5cccnc5N)nc5ccc(-n6cccn6)nc54)ccc32)cc1. The fourth-order valence-corrected chi connectivity index (χ4v) is 5.56. The topological polar surface area (TPSA) is 146 Å². The molecule has 0 saturated carbocycles. The number of imidazole rings is 1. The molecule has 0 spiro atoms. The first-order valence-corrected chi connectivity index (χ1v) is 13.9. The smallest absolute Gasteiger partial charge is 0.251 e. The van der Waals surface area contributed by atoms with E-state index in [1.807, 2.05) is 47.2 Å². The second-order valence-corrected chi connectivity index (χ2v) is 10.3. The number of carbonyl (C=O) groups excluding carboxylic acids is 2. The molecule has 0 aliphatic heterocycles. The molecule has 0 fully saturated rings. The number of anilines is 1. The molecule has 0 unspecified atom stereocenters. The summed E-state index contributed by atoms with van der Waals surface area (Å²) in [7, 11) is 1.57. The van der Waals surface area contributed by atoms with Crippen LogP contribution in [0.3, 0.4) is 0 Å². The Balaban J connectivity index is 1.25. The highest BCUT2D eigenvalue weighted by Gasteiger charge is 2.26. The lowest BCUT2D eigenvalue weighted by atomic mass is 10.1. The van der Waals surface area contributed by atoms with Gasteiger partial charge < -0.3 is 16.4 Å². The molecule has 1 atom stereocenters. The molecular weight excluding hydrogens is 542 g/mol. The predicted octanol–water partition coefficient (Wildman–Crippen LogP) is 4.03. The lowest BCUT2D eigenvalue weighted by Gasteiger charge is -2.16. The van der Waals surface area contributed by atoms with Crippen molar-refractivity contribution in [3.8, 4) is 22.9 Å². The van der Waals surface area contributed by atoms with Gasteiger partial charge in [0, 0.05) is 42.5 Å². The van der Waals surface area contributed by atoms with Crippen LogP contribution < -0.4 is 16.4 Å². The molecule has 11 heteroatoms. The minimum Gasteiger partial charge on any atom is -0.383 e. The molecule has 43 heavy (non-hydrogen) atoms. The van der Waals surface area contributed by atoms with Gasteiger partial charge in [0.1, 0.15) is 11.3 Å². The van der Waals surface area contributed by atoms with E-state index in [0.29, 0.717) is 45.3 Å². The Kier molecular flexibility index (Phi) is 6.39. The van der Waals surface area contributed by atoms with Crippen molar-refractivity contribution in [1.29, 1.82) is 0 Å². The fourth-order valence-electron chi connectivity index (χ4n) is 5.56. The van der Waals surface area contributed by atoms with E-state index in [1.54, 1.807) is 48.4 Å². The number of hydrogen-bond donors (Lipinski definition) is 3. The minimum absolute atomic E-state index is 0.132. The molecule has 212 valence electrons. The normalized spacial score (nSPS) is 14.0. The largest absolute Gasteiger partial charge is 0.383 e. The van der Waals surface area contributed by atoms with Crippen molar-refractivity contribution < 1.29 is 9.59 Å². The van der Waals surface area contributed by atoms with E-state index in [9.17, 15) is 9.59 Å². The Morgan fingerprint density at radius 1 is 0.930 bits per heavy atom. The third kappa shape index (κ3) is 4.66. The van der Waals surface area contributed by atoms with Crippen LogP contribution >= 0.6 is 0 Å². The number of nitrogens with zero attached hydrogens (tertiary/aromatic N) is 6. The Morgan fingerprint density at radius 2 is 1.74 bits per heavy atom. The molecule has 2 amide bonds. The third-order valence-corrected chi connectivity index (χ3v) is 7.71. The summed E-state index contributed by atoms with van der Waals surface area (Å²) in [5, 5.41) is 10.1. The summed E-state index contributed by atoms with van der Waals surface area (Å²) < 4.78 is 3.70. The van der Waals surface area contributed by atoms with Crippen molar-refractivity contribution in [3.63, 3.8) is 0 Å². The van der Waals surface area contributed by atoms with E-state index >= 15 is 0 Å². The van der Waals surface area contributed by atoms with Gasteiger partial charge in [0.05, 0.1) is 11.6 Å². The Labute approximate surface area is 246 Å². The number of carbonyl (C=O) groups is 2. The van der Waals surface area contributed by atoms with Crippen molar-refractivity contribution in [2.24, 2.45) is 0 Å². The number of nitrogen functional groups attached to an aromatic ring is 1. The maximum absolute atomic E-state index is 13.1. The van der Waals surface area contributed by atoms with Gasteiger partial charge in [0.25, 0.3) is 11.8 Å². The number of pyridine rings is 2. The number of nitrogens with one attached hydrogen (secondary N) is 2. The van der Waals surface area contributed by atoms with E-state index in [0.717, 1.165) is 29.7 Å². The molecule has 0 radical (unpaired) electrons. The summed E-state index contributed by atoms with van der Waals surface area (Å²) in [5.41, 5.74) is 12.5. The maximum Gasteiger partial charge on any atom is 0.251 e. The molecule has 0 bridgehead atoms. The van der Waals surface area contributed by atoms with Crippen LogP contribution in [-0.4, -0.2) is 48.2 Å². The number of benzene rings is 2. The van der Waals surface area contributed by atoms with Crippen LogP contribution in [0, 0.1) is 0 Å². The van der Waals surface area contributed by atoms with Gasteiger partial charge in [-0.25, -0.2) is 19.6 Å². The second-order valence-electron chi connectivity index (χ2n) is 10.3. The van der Waals surface area contributed by atoms with Gasteiger partial charge in [-0.15, -0.1) is 0 Å². The van der Waals surface area contributed by atoms with Crippen molar-refractivity contribution in [2.75, 3.05) is 12.8 Å². The zero-order valence-electron chi connectivity index (χ0n) is 23.2. The summed E-state index contributed by atoms with van der Waals surface area (Å²) in [6.07, 6.45) is 6.78. The van der Waals surface area contributed by atoms with E-state index < -0.39 is 0 Å². The molecule has 6 aromatic rings. The van der Waals surface area contributed by atoms with E-state index in [-0.39, 0.29) is 17.9 Å². The van der Waals surface area contributed by atoms with Crippen LogP contribution in [0.5, 0.6) is 0 Å². The maximum atomic E-state index is 13.1. The van der Waals surface area contributed by atoms with Gasteiger partial charge in [-0.2, -0.15) is 5.10 Å². The van der Waals surface area contributed by atoms with Crippen LogP contribution in [0.25, 0.3) is 34.1 Å². The number of fused-ring (bicyclic) bond motifs is 2. The molecule has 4 heterocycles. The summed E-state index contributed by atoms with van der Waals surface area (Å²) in [5.74, 6) is 1.29. The zero-order chi connectivity index (χ0) is 29.5. The molecular formula is C32H27N9O2. The van der Waals surface area contributed by atoms with Gasteiger partial charge in [-0.05, 0) is 90.7 Å². The van der Waals surface area contributed by atoms with Crippen LogP contribution in [0.1, 0.15) is 44.3 Å². The molecule has 4 aromatic heterocycles. The zero-order valence-corrected chi connectivity index (χ0v) is 23.2.